The molecular formula is C16H28. The lowest BCUT2D eigenvalue weighted by Crippen LogP contribution is -2.24. The van der Waals surface area contributed by atoms with Crippen LogP contribution in [0.25, 0.3) is 0 Å². The lowest BCUT2D eigenvalue weighted by atomic mass is 9.70. The average molecular weight is 220 g/mol. The third-order valence-electron chi connectivity index (χ3n) is 4.89. The fraction of sp³-hybridized carbons (Fsp3) is 0.875. The first kappa shape index (κ1) is 12.2. The van der Waals surface area contributed by atoms with Crippen LogP contribution in [0.3, 0.4) is 0 Å². The van der Waals surface area contributed by atoms with E-state index in [0.29, 0.717) is 5.41 Å². The summed E-state index contributed by atoms with van der Waals surface area (Å²) in [4.78, 5) is 0. The van der Waals surface area contributed by atoms with E-state index in [1.807, 2.05) is 11.1 Å². The predicted molar refractivity (Wildman–Crippen MR) is 71.5 cm³/mol. The Morgan fingerprint density at radius 2 is 1.44 bits per heavy atom. The van der Waals surface area contributed by atoms with E-state index >= 15 is 0 Å². The van der Waals surface area contributed by atoms with Gasteiger partial charge in [0.25, 0.3) is 0 Å². The molecule has 0 saturated heterocycles. The molecule has 0 heteroatoms. The molecule has 2 unspecified atom stereocenters. The van der Waals surface area contributed by atoms with Crippen molar-refractivity contribution in [3.63, 3.8) is 0 Å². The van der Waals surface area contributed by atoms with Crippen LogP contribution in [0.15, 0.2) is 11.1 Å². The Morgan fingerprint density at radius 1 is 0.875 bits per heavy atom. The highest BCUT2D eigenvalue weighted by molar-refractivity contribution is 5.20. The fourth-order valence-corrected chi connectivity index (χ4v) is 3.37. The quantitative estimate of drug-likeness (QED) is 0.483. The van der Waals surface area contributed by atoms with Gasteiger partial charge in [0.05, 0.1) is 0 Å². The minimum atomic E-state index is 0.510. The summed E-state index contributed by atoms with van der Waals surface area (Å²) in [5, 5.41) is 0. The maximum atomic E-state index is 2.43. The minimum Gasteiger partial charge on any atom is -0.0710 e. The first-order valence-electron chi connectivity index (χ1n) is 7.16. The van der Waals surface area contributed by atoms with Crippen molar-refractivity contribution >= 4 is 0 Å². The van der Waals surface area contributed by atoms with Gasteiger partial charge >= 0.3 is 0 Å². The van der Waals surface area contributed by atoms with E-state index in [0.717, 1.165) is 11.8 Å². The summed E-state index contributed by atoms with van der Waals surface area (Å²) in [5.41, 5.74) is 4.22. The van der Waals surface area contributed by atoms with Gasteiger partial charge in [0.2, 0.25) is 0 Å². The maximum absolute atomic E-state index is 2.43. The Bertz CT molecular complexity index is 277. The maximum Gasteiger partial charge on any atom is -0.0284 e. The normalized spacial score (nSPS) is 32.2. The zero-order valence-corrected chi connectivity index (χ0v) is 11.6. The number of hydrogen-bond donors (Lipinski definition) is 0. The van der Waals surface area contributed by atoms with Gasteiger partial charge in [0.1, 0.15) is 0 Å². The van der Waals surface area contributed by atoms with Crippen molar-refractivity contribution in [3.05, 3.63) is 11.1 Å². The molecule has 0 aromatic carbocycles. The van der Waals surface area contributed by atoms with Crippen LogP contribution < -0.4 is 0 Å². The molecule has 2 atom stereocenters. The molecule has 2 aliphatic carbocycles. The van der Waals surface area contributed by atoms with Gasteiger partial charge in [-0.3, -0.25) is 0 Å². The largest absolute Gasteiger partial charge is 0.0710 e. The van der Waals surface area contributed by atoms with Crippen molar-refractivity contribution in [2.75, 3.05) is 0 Å². The van der Waals surface area contributed by atoms with Gasteiger partial charge < -0.3 is 0 Å². The minimum absolute atomic E-state index is 0.510. The molecule has 92 valence electrons. The smallest absolute Gasteiger partial charge is 0.0284 e. The van der Waals surface area contributed by atoms with Gasteiger partial charge in [0.15, 0.2) is 0 Å². The molecule has 0 amide bonds. The zero-order valence-electron chi connectivity index (χ0n) is 11.6. The van der Waals surface area contributed by atoms with Gasteiger partial charge in [0, 0.05) is 0 Å². The van der Waals surface area contributed by atoms with E-state index in [4.69, 9.17) is 0 Å². The molecule has 2 rings (SSSR count). The molecule has 2 aliphatic rings. The Labute approximate surface area is 102 Å². The van der Waals surface area contributed by atoms with Gasteiger partial charge in [-0.05, 0) is 62.2 Å². The first-order valence-corrected chi connectivity index (χ1v) is 7.16. The van der Waals surface area contributed by atoms with Crippen molar-refractivity contribution in [2.45, 2.75) is 72.6 Å². The third-order valence-corrected chi connectivity index (χ3v) is 4.89. The highest BCUT2D eigenvalue weighted by Gasteiger charge is 2.30. The standard InChI is InChI=1S/C16H28/c1-12-5-7-13-9-10-15(16(2,3)4)11-14(13)8-6-12/h12,15H,5-11H2,1-4H3. The van der Waals surface area contributed by atoms with E-state index in [9.17, 15) is 0 Å². The lowest BCUT2D eigenvalue weighted by molar-refractivity contribution is 0.213. The van der Waals surface area contributed by atoms with Crippen molar-refractivity contribution in [3.8, 4) is 0 Å². The third kappa shape index (κ3) is 2.70. The fourth-order valence-electron chi connectivity index (χ4n) is 3.37. The van der Waals surface area contributed by atoms with Crippen LogP contribution in [0, 0.1) is 17.3 Å². The van der Waals surface area contributed by atoms with Crippen molar-refractivity contribution in [1.82, 2.24) is 0 Å². The summed E-state index contributed by atoms with van der Waals surface area (Å²) in [6.07, 6.45) is 9.96. The number of allylic oxidation sites excluding steroid dienone is 2. The summed E-state index contributed by atoms with van der Waals surface area (Å²) in [7, 11) is 0. The molecule has 16 heavy (non-hydrogen) atoms. The van der Waals surface area contributed by atoms with Gasteiger partial charge in [-0.25, -0.2) is 0 Å². The monoisotopic (exact) mass is 220 g/mol. The molecule has 0 bridgehead atoms. The second kappa shape index (κ2) is 4.55. The second-order valence-electron chi connectivity index (χ2n) is 7.20. The topological polar surface area (TPSA) is 0 Å². The molecule has 0 spiro atoms. The summed E-state index contributed by atoms with van der Waals surface area (Å²) in [6, 6.07) is 0. The summed E-state index contributed by atoms with van der Waals surface area (Å²) < 4.78 is 0. The summed E-state index contributed by atoms with van der Waals surface area (Å²) in [6.45, 7) is 9.69. The summed E-state index contributed by atoms with van der Waals surface area (Å²) in [5.74, 6) is 1.89. The van der Waals surface area contributed by atoms with Crippen LogP contribution >= 0.6 is 0 Å². The van der Waals surface area contributed by atoms with E-state index in [2.05, 4.69) is 27.7 Å². The number of hydrogen-bond acceptors (Lipinski definition) is 0. The van der Waals surface area contributed by atoms with Gasteiger partial charge in [-0.15, -0.1) is 0 Å². The molecule has 0 fully saturated rings. The SMILES string of the molecule is CC1CCC2=C(CC1)CC(C(C)(C)C)CC2. The molecule has 0 aromatic heterocycles. The Balaban J connectivity index is 2.07. The Hall–Kier alpha value is -0.260. The van der Waals surface area contributed by atoms with Gasteiger partial charge in [-0.2, -0.15) is 0 Å². The van der Waals surface area contributed by atoms with E-state index in [1.54, 1.807) is 0 Å². The number of rotatable bonds is 0. The summed E-state index contributed by atoms with van der Waals surface area (Å²) >= 11 is 0. The van der Waals surface area contributed by atoms with E-state index in [-0.39, 0.29) is 0 Å². The molecular weight excluding hydrogens is 192 g/mol. The molecule has 0 radical (unpaired) electrons. The molecule has 0 aromatic rings. The molecule has 0 heterocycles. The second-order valence-corrected chi connectivity index (χ2v) is 7.20. The van der Waals surface area contributed by atoms with Crippen LogP contribution in [-0.2, 0) is 0 Å². The average Bonchev–Trinajstić information content (AvgIpc) is 2.39. The van der Waals surface area contributed by atoms with Crippen LogP contribution in [0.5, 0.6) is 0 Å². The predicted octanol–water partition coefficient (Wildman–Crippen LogP) is 5.34. The van der Waals surface area contributed by atoms with E-state index < -0.39 is 0 Å². The molecule has 0 N–H and O–H groups in total. The Kier molecular flexibility index (Phi) is 3.47. The van der Waals surface area contributed by atoms with E-state index in [1.165, 1.54) is 44.9 Å². The van der Waals surface area contributed by atoms with Crippen LogP contribution in [0.2, 0.25) is 0 Å². The zero-order chi connectivity index (χ0) is 11.8. The van der Waals surface area contributed by atoms with Crippen molar-refractivity contribution < 1.29 is 0 Å². The van der Waals surface area contributed by atoms with Crippen molar-refractivity contribution in [1.29, 1.82) is 0 Å². The Morgan fingerprint density at radius 3 is 2.06 bits per heavy atom. The molecule has 0 nitrogen and oxygen atoms in total. The highest BCUT2D eigenvalue weighted by Crippen LogP contribution is 2.44. The van der Waals surface area contributed by atoms with Crippen LogP contribution in [0.1, 0.15) is 72.6 Å². The van der Waals surface area contributed by atoms with Crippen LogP contribution in [-0.4, -0.2) is 0 Å². The highest BCUT2D eigenvalue weighted by atomic mass is 14.4. The molecule has 0 saturated carbocycles. The van der Waals surface area contributed by atoms with Gasteiger partial charge in [-0.1, -0.05) is 38.8 Å². The molecule has 0 aliphatic heterocycles. The van der Waals surface area contributed by atoms with Crippen molar-refractivity contribution in [2.24, 2.45) is 17.3 Å². The van der Waals surface area contributed by atoms with Crippen LogP contribution in [0.4, 0.5) is 0 Å². The lowest BCUT2D eigenvalue weighted by Gasteiger charge is -2.36. The first-order chi connectivity index (χ1) is 7.47.